The van der Waals surface area contributed by atoms with Crippen LogP contribution < -0.4 is 4.90 Å². The Morgan fingerprint density at radius 3 is 2.46 bits per heavy atom. The van der Waals surface area contributed by atoms with Crippen LogP contribution in [0.25, 0.3) is 11.3 Å². The number of fused-ring (bicyclic) bond motifs is 2. The highest BCUT2D eigenvalue weighted by Gasteiger charge is 2.27. The quantitative estimate of drug-likeness (QED) is 0.763. The summed E-state index contributed by atoms with van der Waals surface area (Å²) in [6.07, 6.45) is 0. The van der Waals surface area contributed by atoms with Crippen LogP contribution in [0.15, 0.2) is 48.5 Å². The standard InChI is InChI=1S/C22H20N2O4/c1-3-27-21(26)14-28-22-18-10-6-7-11-20(18)24(15(2)25)13-16-8-4-5-9-17(16)19(22)12-23/h4-11H,3,13-14H2,1-2H3. The van der Waals surface area contributed by atoms with Crippen LogP contribution in [-0.2, 0) is 25.6 Å². The zero-order valence-electron chi connectivity index (χ0n) is 15.8. The summed E-state index contributed by atoms with van der Waals surface area (Å²) in [7, 11) is 0. The first-order valence-electron chi connectivity index (χ1n) is 8.95. The molecule has 2 aromatic rings. The summed E-state index contributed by atoms with van der Waals surface area (Å²) in [5.41, 5.74) is 3.00. The second-order valence-corrected chi connectivity index (χ2v) is 6.19. The van der Waals surface area contributed by atoms with E-state index in [0.717, 1.165) is 5.56 Å². The number of rotatable bonds is 4. The summed E-state index contributed by atoms with van der Waals surface area (Å²) in [4.78, 5) is 25.9. The highest BCUT2D eigenvalue weighted by molar-refractivity contribution is 6.03. The van der Waals surface area contributed by atoms with Crippen molar-refractivity contribution in [2.45, 2.75) is 20.4 Å². The predicted molar refractivity (Wildman–Crippen MR) is 105 cm³/mol. The van der Waals surface area contributed by atoms with Crippen LogP contribution in [0, 0.1) is 11.3 Å². The molecule has 0 aliphatic carbocycles. The van der Waals surface area contributed by atoms with E-state index < -0.39 is 5.97 Å². The number of carbonyl (C=O) groups excluding carboxylic acids is 2. The minimum absolute atomic E-state index is 0.132. The smallest absolute Gasteiger partial charge is 0.344 e. The van der Waals surface area contributed by atoms with Crippen LogP contribution in [0.3, 0.4) is 0 Å². The van der Waals surface area contributed by atoms with Gasteiger partial charge in [0.15, 0.2) is 6.61 Å². The maximum Gasteiger partial charge on any atom is 0.344 e. The molecule has 0 aromatic heterocycles. The normalized spacial score (nSPS) is 12.8. The van der Waals surface area contributed by atoms with Gasteiger partial charge in [-0.05, 0) is 24.6 Å². The van der Waals surface area contributed by atoms with Crippen LogP contribution in [0.1, 0.15) is 30.5 Å². The van der Waals surface area contributed by atoms with Gasteiger partial charge in [0.2, 0.25) is 5.91 Å². The molecule has 0 spiro atoms. The maximum atomic E-state index is 12.4. The fraction of sp³-hybridized carbons (Fsp3) is 0.227. The van der Waals surface area contributed by atoms with Crippen LogP contribution in [0.5, 0.6) is 0 Å². The third-order valence-electron chi connectivity index (χ3n) is 4.41. The zero-order valence-corrected chi connectivity index (χ0v) is 15.8. The number of anilines is 1. The van der Waals surface area contributed by atoms with Gasteiger partial charge < -0.3 is 14.4 Å². The van der Waals surface area contributed by atoms with E-state index in [4.69, 9.17) is 9.47 Å². The number of nitrogens with zero attached hydrogens (tertiary/aromatic N) is 2. The minimum atomic E-state index is -0.525. The topological polar surface area (TPSA) is 79.6 Å². The third-order valence-corrected chi connectivity index (χ3v) is 4.41. The Labute approximate surface area is 163 Å². The van der Waals surface area contributed by atoms with Crippen LogP contribution >= 0.6 is 0 Å². The van der Waals surface area contributed by atoms with E-state index >= 15 is 0 Å². The van der Waals surface area contributed by atoms with Crippen LogP contribution in [0.4, 0.5) is 5.69 Å². The lowest BCUT2D eigenvalue weighted by Crippen LogP contribution is -2.30. The molecular weight excluding hydrogens is 356 g/mol. The fourth-order valence-corrected chi connectivity index (χ4v) is 3.19. The monoisotopic (exact) mass is 376 g/mol. The summed E-state index contributed by atoms with van der Waals surface area (Å²) in [6.45, 7) is 3.45. The first-order valence-corrected chi connectivity index (χ1v) is 8.95. The lowest BCUT2D eigenvalue weighted by molar-refractivity contribution is -0.146. The Kier molecular flexibility index (Phi) is 5.75. The first kappa shape index (κ1) is 19.2. The summed E-state index contributed by atoms with van der Waals surface area (Å²) in [5.74, 6) is -0.402. The molecule has 0 atom stereocenters. The molecule has 6 nitrogen and oxygen atoms in total. The number of allylic oxidation sites excluding steroid dienone is 1. The Bertz CT molecular complexity index is 988. The molecule has 0 unspecified atom stereocenters. The Morgan fingerprint density at radius 1 is 1.11 bits per heavy atom. The highest BCUT2D eigenvalue weighted by atomic mass is 16.6. The largest absolute Gasteiger partial charge is 0.480 e. The highest BCUT2D eigenvalue weighted by Crippen LogP contribution is 2.38. The van der Waals surface area contributed by atoms with Crippen LogP contribution in [-0.4, -0.2) is 25.1 Å². The van der Waals surface area contributed by atoms with E-state index in [0.29, 0.717) is 28.9 Å². The van der Waals surface area contributed by atoms with Crippen molar-refractivity contribution < 1.29 is 19.1 Å². The molecule has 0 fully saturated rings. The molecule has 1 amide bonds. The van der Waals surface area contributed by atoms with E-state index in [1.54, 1.807) is 30.0 Å². The van der Waals surface area contributed by atoms with Gasteiger partial charge in [0.05, 0.1) is 18.8 Å². The van der Waals surface area contributed by atoms with Gasteiger partial charge in [-0.2, -0.15) is 5.26 Å². The van der Waals surface area contributed by atoms with Gasteiger partial charge in [0.25, 0.3) is 0 Å². The Hall–Kier alpha value is -3.59. The fourth-order valence-electron chi connectivity index (χ4n) is 3.19. The zero-order chi connectivity index (χ0) is 20.1. The number of ether oxygens (including phenoxy) is 2. The van der Waals surface area contributed by atoms with E-state index in [2.05, 4.69) is 6.07 Å². The summed E-state index contributed by atoms with van der Waals surface area (Å²) >= 11 is 0. The van der Waals surface area contributed by atoms with Gasteiger partial charge >= 0.3 is 5.97 Å². The average molecular weight is 376 g/mol. The van der Waals surface area contributed by atoms with Gasteiger partial charge in [0, 0.05) is 18.1 Å². The Morgan fingerprint density at radius 2 is 1.79 bits per heavy atom. The molecule has 0 bridgehead atoms. The third kappa shape index (κ3) is 3.74. The minimum Gasteiger partial charge on any atom is -0.480 e. The summed E-state index contributed by atoms with van der Waals surface area (Å²) < 4.78 is 10.7. The Balaban J connectivity index is 2.23. The number of carbonyl (C=O) groups is 2. The van der Waals surface area contributed by atoms with E-state index in [9.17, 15) is 14.9 Å². The van der Waals surface area contributed by atoms with E-state index in [-0.39, 0.29) is 24.9 Å². The molecule has 0 saturated carbocycles. The second-order valence-electron chi connectivity index (χ2n) is 6.19. The van der Waals surface area contributed by atoms with Gasteiger partial charge in [-0.3, -0.25) is 4.79 Å². The SMILES string of the molecule is CCOC(=O)COC1=C(C#N)c2ccccc2CN(C(C)=O)c2ccccc21. The molecule has 0 saturated heterocycles. The second kappa shape index (κ2) is 8.40. The molecule has 6 heteroatoms. The number of esters is 1. The van der Waals surface area contributed by atoms with Gasteiger partial charge in [0.1, 0.15) is 17.4 Å². The van der Waals surface area contributed by atoms with E-state index in [1.807, 2.05) is 30.3 Å². The van der Waals surface area contributed by atoms with Crippen molar-refractivity contribution in [3.05, 3.63) is 65.2 Å². The van der Waals surface area contributed by atoms with Crippen molar-refractivity contribution >= 4 is 28.9 Å². The number of hydrogen-bond acceptors (Lipinski definition) is 5. The number of nitriles is 1. The van der Waals surface area contributed by atoms with Gasteiger partial charge in [-0.1, -0.05) is 36.4 Å². The lowest BCUT2D eigenvalue weighted by atomic mass is 9.93. The molecular formula is C22H20N2O4. The number of amides is 1. The van der Waals surface area contributed by atoms with Crippen molar-refractivity contribution in [1.29, 1.82) is 5.26 Å². The molecule has 142 valence electrons. The molecule has 0 N–H and O–H groups in total. The molecule has 3 rings (SSSR count). The molecule has 1 heterocycles. The molecule has 1 aliphatic rings. The molecule has 2 aromatic carbocycles. The van der Waals surface area contributed by atoms with Crippen molar-refractivity contribution in [1.82, 2.24) is 0 Å². The number of benzene rings is 2. The number of para-hydroxylation sites is 1. The summed E-state index contributed by atoms with van der Waals surface area (Å²) in [6, 6.07) is 16.8. The predicted octanol–water partition coefficient (Wildman–Crippen LogP) is 3.52. The summed E-state index contributed by atoms with van der Waals surface area (Å²) in [5, 5.41) is 9.91. The van der Waals surface area contributed by atoms with Crippen molar-refractivity contribution in [3.63, 3.8) is 0 Å². The maximum absolute atomic E-state index is 12.4. The van der Waals surface area contributed by atoms with Crippen molar-refractivity contribution in [3.8, 4) is 6.07 Å². The first-order chi connectivity index (χ1) is 13.6. The molecule has 0 radical (unpaired) electrons. The molecule has 1 aliphatic heterocycles. The van der Waals surface area contributed by atoms with Crippen LogP contribution in [0.2, 0.25) is 0 Å². The number of hydrogen-bond donors (Lipinski definition) is 0. The lowest BCUT2D eigenvalue weighted by Gasteiger charge is -2.28. The van der Waals surface area contributed by atoms with Gasteiger partial charge in [-0.25, -0.2) is 4.79 Å². The van der Waals surface area contributed by atoms with E-state index in [1.165, 1.54) is 6.92 Å². The average Bonchev–Trinajstić information content (AvgIpc) is 2.69. The van der Waals surface area contributed by atoms with Crippen molar-refractivity contribution in [2.75, 3.05) is 18.1 Å². The van der Waals surface area contributed by atoms with Gasteiger partial charge in [-0.15, -0.1) is 0 Å². The van der Waals surface area contributed by atoms with Crippen molar-refractivity contribution in [2.24, 2.45) is 0 Å². The molecule has 28 heavy (non-hydrogen) atoms.